The molecule has 0 amide bonds. The molecule has 3 heteroatoms. The van der Waals surface area contributed by atoms with Crippen LogP contribution >= 0.6 is 0 Å². The second-order valence-electron chi connectivity index (χ2n) is 4.36. The lowest BCUT2D eigenvalue weighted by molar-refractivity contribution is 0.0421. The summed E-state index contributed by atoms with van der Waals surface area (Å²) < 4.78 is 0. The van der Waals surface area contributed by atoms with Gasteiger partial charge in [0.25, 0.3) is 0 Å². The van der Waals surface area contributed by atoms with Crippen molar-refractivity contribution in [1.82, 2.24) is 4.90 Å². The van der Waals surface area contributed by atoms with Gasteiger partial charge in [-0.2, -0.15) is 0 Å². The molecule has 2 unspecified atom stereocenters. The van der Waals surface area contributed by atoms with Crippen molar-refractivity contribution < 1.29 is 10.2 Å². The van der Waals surface area contributed by atoms with Gasteiger partial charge in [-0.05, 0) is 25.7 Å². The van der Waals surface area contributed by atoms with Crippen molar-refractivity contribution in [2.24, 2.45) is 0 Å². The Labute approximate surface area is 85.0 Å². The number of hydrogen-bond acceptors (Lipinski definition) is 3. The summed E-state index contributed by atoms with van der Waals surface area (Å²) in [6.45, 7) is 1.06. The standard InChI is InChI=1S/C11H19NO2/c13-6-2-1-5-12-9-3-4-10(12)8-11(14)7-9/h1-2,9-11,13-14H,3-8H2/b2-1+. The van der Waals surface area contributed by atoms with Gasteiger partial charge in [-0.3, -0.25) is 4.90 Å². The lowest BCUT2D eigenvalue weighted by Crippen LogP contribution is -2.44. The van der Waals surface area contributed by atoms with Crippen LogP contribution in [0.15, 0.2) is 12.2 Å². The highest BCUT2D eigenvalue weighted by molar-refractivity contribution is 4.98. The van der Waals surface area contributed by atoms with Gasteiger partial charge < -0.3 is 10.2 Å². The Morgan fingerprint density at radius 3 is 2.36 bits per heavy atom. The summed E-state index contributed by atoms with van der Waals surface area (Å²) in [4.78, 5) is 2.47. The third kappa shape index (κ3) is 2.00. The van der Waals surface area contributed by atoms with E-state index in [2.05, 4.69) is 4.90 Å². The molecule has 2 saturated heterocycles. The van der Waals surface area contributed by atoms with E-state index >= 15 is 0 Å². The van der Waals surface area contributed by atoms with Crippen molar-refractivity contribution in [1.29, 1.82) is 0 Å². The van der Waals surface area contributed by atoms with Gasteiger partial charge in [0.2, 0.25) is 0 Å². The first kappa shape index (κ1) is 10.1. The fraction of sp³-hybridized carbons (Fsp3) is 0.818. The first-order valence-corrected chi connectivity index (χ1v) is 5.51. The Balaban J connectivity index is 1.90. The van der Waals surface area contributed by atoms with Gasteiger partial charge in [-0.25, -0.2) is 0 Å². The van der Waals surface area contributed by atoms with Crippen molar-refractivity contribution >= 4 is 0 Å². The highest BCUT2D eigenvalue weighted by atomic mass is 16.3. The Bertz CT molecular complexity index is 203. The van der Waals surface area contributed by atoms with Crippen LogP contribution in [0.25, 0.3) is 0 Å². The molecule has 0 aliphatic carbocycles. The molecule has 80 valence electrons. The third-order valence-corrected chi connectivity index (χ3v) is 3.45. The van der Waals surface area contributed by atoms with Crippen LogP contribution in [0.1, 0.15) is 25.7 Å². The van der Waals surface area contributed by atoms with Crippen molar-refractivity contribution in [3.8, 4) is 0 Å². The first-order chi connectivity index (χ1) is 6.81. The monoisotopic (exact) mass is 197 g/mol. The molecular weight excluding hydrogens is 178 g/mol. The molecule has 2 rings (SSSR count). The Kier molecular flexibility index (Phi) is 3.21. The fourth-order valence-corrected chi connectivity index (χ4v) is 2.81. The molecule has 0 saturated carbocycles. The average Bonchev–Trinajstić information content (AvgIpc) is 2.42. The SMILES string of the molecule is OC/C=C/CN1C2CCC1CC(O)C2. The van der Waals surface area contributed by atoms with E-state index in [0.717, 1.165) is 19.4 Å². The van der Waals surface area contributed by atoms with Crippen LogP contribution < -0.4 is 0 Å². The van der Waals surface area contributed by atoms with E-state index < -0.39 is 0 Å². The van der Waals surface area contributed by atoms with E-state index in [9.17, 15) is 5.11 Å². The molecule has 2 bridgehead atoms. The highest BCUT2D eigenvalue weighted by Gasteiger charge is 2.39. The average molecular weight is 197 g/mol. The maximum Gasteiger partial charge on any atom is 0.0612 e. The van der Waals surface area contributed by atoms with Crippen LogP contribution in [0.4, 0.5) is 0 Å². The second kappa shape index (κ2) is 4.43. The molecule has 2 N–H and O–H groups in total. The van der Waals surface area contributed by atoms with E-state index in [-0.39, 0.29) is 12.7 Å². The van der Waals surface area contributed by atoms with E-state index in [1.54, 1.807) is 6.08 Å². The Morgan fingerprint density at radius 2 is 1.79 bits per heavy atom. The van der Waals surface area contributed by atoms with E-state index in [4.69, 9.17) is 5.11 Å². The quantitative estimate of drug-likeness (QED) is 0.648. The molecule has 0 radical (unpaired) electrons. The van der Waals surface area contributed by atoms with Crippen LogP contribution in [-0.2, 0) is 0 Å². The number of piperidine rings is 1. The van der Waals surface area contributed by atoms with E-state index in [1.807, 2.05) is 6.08 Å². The number of nitrogens with zero attached hydrogens (tertiary/aromatic N) is 1. The second-order valence-corrected chi connectivity index (χ2v) is 4.36. The summed E-state index contributed by atoms with van der Waals surface area (Å²) >= 11 is 0. The third-order valence-electron chi connectivity index (χ3n) is 3.45. The first-order valence-electron chi connectivity index (χ1n) is 5.51. The fourth-order valence-electron chi connectivity index (χ4n) is 2.81. The van der Waals surface area contributed by atoms with E-state index in [1.165, 1.54) is 12.8 Å². The smallest absolute Gasteiger partial charge is 0.0612 e. The molecular formula is C11H19NO2. The van der Waals surface area contributed by atoms with E-state index in [0.29, 0.717) is 12.1 Å². The van der Waals surface area contributed by atoms with Crippen molar-refractivity contribution in [2.75, 3.05) is 13.2 Å². The van der Waals surface area contributed by atoms with Gasteiger partial charge in [0.1, 0.15) is 0 Å². The van der Waals surface area contributed by atoms with Gasteiger partial charge in [-0.1, -0.05) is 12.2 Å². The lowest BCUT2D eigenvalue weighted by atomic mass is 10.00. The number of hydrogen-bond donors (Lipinski definition) is 2. The number of rotatable bonds is 3. The number of fused-ring (bicyclic) bond motifs is 2. The normalized spacial score (nSPS) is 38.3. The molecule has 2 atom stereocenters. The van der Waals surface area contributed by atoms with Crippen molar-refractivity contribution in [3.05, 3.63) is 12.2 Å². The molecule has 2 fully saturated rings. The summed E-state index contributed by atoms with van der Waals surface area (Å²) in [5.74, 6) is 0. The molecule has 2 heterocycles. The molecule has 0 aromatic rings. The minimum Gasteiger partial charge on any atom is -0.393 e. The summed E-state index contributed by atoms with van der Waals surface area (Å²) in [7, 11) is 0. The summed E-state index contributed by atoms with van der Waals surface area (Å²) in [5.41, 5.74) is 0. The van der Waals surface area contributed by atoms with Gasteiger partial charge in [-0.15, -0.1) is 0 Å². The topological polar surface area (TPSA) is 43.7 Å². The predicted molar refractivity (Wildman–Crippen MR) is 55.0 cm³/mol. The lowest BCUT2D eigenvalue weighted by Gasteiger charge is -2.36. The zero-order valence-electron chi connectivity index (χ0n) is 8.47. The molecule has 0 aromatic carbocycles. The molecule has 0 spiro atoms. The largest absolute Gasteiger partial charge is 0.393 e. The molecule has 3 nitrogen and oxygen atoms in total. The molecule has 2 aliphatic rings. The molecule has 0 aromatic heterocycles. The van der Waals surface area contributed by atoms with Crippen LogP contribution in [0, 0.1) is 0 Å². The van der Waals surface area contributed by atoms with Crippen molar-refractivity contribution in [3.63, 3.8) is 0 Å². The summed E-state index contributed by atoms with van der Waals surface area (Å²) in [6, 6.07) is 1.15. The maximum absolute atomic E-state index is 9.59. The van der Waals surface area contributed by atoms with Gasteiger partial charge >= 0.3 is 0 Å². The molecule has 2 aliphatic heterocycles. The Hall–Kier alpha value is -0.380. The maximum atomic E-state index is 9.59. The predicted octanol–water partition coefficient (Wildman–Crippen LogP) is 0.523. The van der Waals surface area contributed by atoms with Gasteiger partial charge in [0, 0.05) is 18.6 Å². The van der Waals surface area contributed by atoms with Crippen molar-refractivity contribution in [2.45, 2.75) is 43.9 Å². The summed E-state index contributed by atoms with van der Waals surface area (Å²) in [6.07, 6.45) is 8.08. The van der Waals surface area contributed by atoms with Crippen LogP contribution in [0.3, 0.4) is 0 Å². The van der Waals surface area contributed by atoms with Crippen LogP contribution in [-0.4, -0.2) is 46.5 Å². The van der Waals surface area contributed by atoms with Gasteiger partial charge in [0.15, 0.2) is 0 Å². The zero-order chi connectivity index (χ0) is 9.97. The minimum atomic E-state index is -0.0782. The summed E-state index contributed by atoms with van der Waals surface area (Å²) in [5, 5.41) is 18.2. The Morgan fingerprint density at radius 1 is 1.14 bits per heavy atom. The zero-order valence-corrected chi connectivity index (χ0v) is 8.47. The van der Waals surface area contributed by atoms with Gasteiger partial charge in [0.05, 0.1) is 12.7 Å². The highest BCUT2D eigenvalue weighted by Crippen LogP contribution is 2.35. The molecule has 14 heavy (non-hydrogen) atoms. The van der Waals surface area contributed by atoms with Crippen LogP contribution in [0.2, 0.25) is 0 Å². The minimum absolute atomic E-state index is 0.0782. The number of aliphatic hydroxyl groups excluding tert-OH is 2. The van der Waals surface area contributed by atoms with Crippen LogP contribution in [0.5, 0.6) is 0 Å². The number of aliphatic hydroxyl groups is 2.